The largest absolute Gasteiger partial charge is 0.479 e. The summed E-state index contributed by atoms with van der Waals surface area (Å²) < 4.78 is 9.90. The first kappa shape index (κ1) is 28.0. The van der Waals surface area contributed by atoms with Crippen LogP contribution in [-0.2, 0) is 23.9 Å². The van der Waals surface area contributed by atoms with Gasteiger partial charge in [-0.3, -0.25) is 14.9 Å². The number of allylic oxidation sites excluding steroid dienone is 1. The van der Waals surface area contributed by atoms with Gasteiger partial charge < -0.3 is 30.5 Å². The number of nitrogens with one attached hydrogen (secondary N) is 2. The van der Waals surface area contributed by atoms with E-state index in [2.05, 4.69) is 15.6 Å². The predicted molar refractivity (Wildman–Crippen MR) is 135 cm³/mol. The third kappa shape index (κ3) is 6.60. The Bertz CT molecular complexity index is 1160. The van der Waals surface area contributed by atoms with Gasteiger partial charge in [-0.15, -0.1) is 23.1 Å². The lowest BCUT2D eigenvalue weighted by atomic mass is 9.97. The summed E-state index contributed by atoms with van der Waals surface area (Å²) >= 11 is 2.23. The van der Waals surface area contributed by atoms with Gasteiger partial charge in [-0.1, -0.05) is 12.2 Å². The summed E-state index contributed by atoms with van der Waals surface area (Å²) in [7, 11) is 0. The predicted octanol–water partition coefficient (Wildman–Crippen LogP) is 1.98. The molecule has 2 unspecified atom stereocenters. The van der Waals surface area contributed by atoms with Crippen molar-refractivity contribution in [3.05, 3.63) is 34.2 Å². The summed E-state index contributed by atoms with van der Waals surface area (Å²) in [6.07, 6.45) is 1.49. The highest BCUT2D eigenvalue weighted by atomic mass is 32.2. The lowest BCUT2D eigenvalue weighted by Gasteiger charge is -2.51. The Hall–Kier alpha value is -3.59. The lowest BCUT2D eigenvalue weighted by molar-refractivity contribution is -0.160. The number of nitrogens with two attached hydrogens (primary N) is 1. The number of carboxylic acids is 1. The number of hydrogen-bond acceptors (Lipinski definition) is 10. The van der Waals surface area contributed by atoms with E-state index >= 15 is 0 Å². The van der Waals surface area contributed by atoms with Gasteiger partial charge in [0, 0.05) is 11.0 Å². The number of primary amides is 1. The molecule has 37 heavy (non-hydrogen) atoms. The van der Waals surface area contributed by atoms with Crippen molar-refractivity contribution in [3.8, 4) is 0 Å². The lowest BCUT2D eigenvalue weighted by Crippen LogP contribution is -2.74. The van der Waals surface area contributed by atoms with Gasteiger partial charge in [0.2, 0.25) is 11.8 Å². The number of thioether (sulfide) groups is 1. The highest BCUT2D eigenvalue weighted by Crippen LogP contribution is 2.40. The first-order valence-electron chi connectivity index (χ1n) is 11.0. The molecule has 0 aromatic carbocycles. The minimum absolute atomic E-state index is 0.185. The first-order chi connectivity index (χ1) is 17.3. The minimum Gasteiger partial charge on any atom is -0.479 e. The molecular formula is C22H27N5O8S2. The fraction of sp³-hybridized carbons (Fsp3) is 0.455. The van der Waals surface area contributed by atoms with E-state index in [1.165, 1.54) is 5.41 Å². The van der Waals surface area contributed by atoms with Crippen LogP contribution in [0.2, 0.25) is 0 Å². The van der Waals surface area contributed by atoms with Gasteiger partial charge in [0.25, 0.3) is 0 Å². The number of fused-ring (bicyclic) bond motifs is 1. The molecule has 1 aromatic rings. The third-order valence-electron chi connectivity index (χ3n) is 5.10. The quantitative estimate of drug-likeness (QED) is 0.273. The maximum Gasteiger partial charge on any atom is 0.413 e. The molecule has 2 aliphatic rings. The number of anilines is 1. The number of ether oxygens (including phenoxy) is 2. The van der Waals surface area contributed by atoms with Crippen molar-refractivity contribution in [1.29, 1.82) is 0 Å². The van der Waals surface area contributed by atoms with Crippen LogP contribution in [0.3, 0.4) is 0 Å². The molecule has 13 nitrogen and oxygen atoms in total. The van der Waals surface area contributed by atoms with E-state index in [0.29, 0.717) is 5.69 Å². The molecule has 1 aromatic heterocycles. The number of carbonyl (C=O) groups is 5. The summed E-state index contributed by atoms with van der Waals surface area (Å²) in [5.41, 5.74) is 4.80. The number of carbonyl (C=O) groups excluding carboxylic acids is 4. The zero-order chi connectivity index (χ0) is 27.5. The molecular weight excluding hydrogens is 526 g/mol. The topological polar surface area (TPSA) is 190 Å². The fourth-order valence-corrected chi connectivity index (χ4v) is 5.56. The number of aromatic nitrogens is 1. The van der Waals surface area contributed by atoms with Crippen molar-refractivity contribution >= 4 is 58.2 Å². The molecule has 3 rings (SSSR count). The van der Waals surface area contributed by atoms with Crippen LogP contribution in [0.5, 0.6) is 0 Å². The third-order valence-corrected chi connectivity index (χ3v) is 7.09. The number of rotatable bonds is 8. The van der Waals surface area contributed by atoms with Gasteiger partial charge in [0.1, 0.15) is 23.6 Å². The summed E-state index contributed by atoms with van der Waals surface area (Å²) in [4.78, 5) is 66.2. The molecule has 3 heterocycles. The summed E-state index contributed by atoms with van der Waals surface area (Å²) in [5, 5.41) is 17.5. The van der Waals surface area contributed by atoms with Crippen molar-refractivity contribution < 1.29 is 38.6 Å². The Morgan fingerprint density at radius 2 is 2.03 bits per heavy atom. The van der Waals surface area contributed by atoms with Crippen molar-refractivity contribution in [2.75, 3.05) is 11.9 Å². The van der Waals surface area contributed by atoms with Crippen molar-refractivity contribution in [2.45, 2.75) is 56.7 Å². The smallest absolute Gasteiger partial charge is 0.413 e. The summed E-state index contributed by atoms with van der Waals surface area (Å²) in [5.74, 6) is -3.28. The Labute approximate surface area is 220 Å². The van der Waals surface area contributed by atoms with E-state index in [4.69, 9.17) is 15.2 Å². The molecule has 200 valence electrons. The number of β-lactam (4-membered cyclic amide) rings is 1. The molecule has 4 atom stereocenters. The first-order valence-corrected chi connectivity index (χ1v) is 12.8. The van der Waals surface area contributed by atoms with Crippen LogP contribution in [0.1, 0.15) is 39.3 Å². The molecule has 0 aliphatic carbocycles. The van der Waals surface area contributed by atoms with E-state index in [9.17, 15) is 29.1 Å². The Balaban J connectivity index is 1.70. The summed E-state index contributed by atoms with van der Waals surface area (Å²) in [6, 6.07) is -2.32. The molecule has 15 heteroatoms. The summed E-state index contributed by atoms with van der Waals surface area (Å²) in [6.45, 7) is 6.52. The van der Waals surface area contributed by atoms with Crippen molar-refractivity contribution in [1.82, 2.24) is 15.2 Å². The standard InChI is InChI=1S/C22H27N5O8S2/c1-5-6-11(12-9-37-20(24-12)26-21(33)35-22(2,3)4)15(28)25-13-16(29)27-14(18(30)31)10(7-34-19(23)32)8-36-17(13)27/h5-6,8-9,11,13-14,17H,7H2,1-4H3,(H2,23,32)(H,25,28)(H,30,31)(H,24,26,33)/b6-5+/t11?,13-,14?,17-/m1/s1. The van der Waals surface area contributed by atoms with Gasteiger partial charge in [0.05, 0.1) is 11.6 Å². The van der Waals surface area contributed by atoms with Crippen LogP contribution in [0.4, 0.5) is 14.7 Å². The second kappa shape index (κ2) is 11.2. The Kier molecular flexibility index (Phi) is 8.48. The van der Waals surface area contributed by atoms with Crippen LogP contribution < -0.4 is 16.4 Å². The molecule has 0 bridgehead atoms. The number of hydrogen-bond donors (Lipinski definition) is 4. The molecule has 5 N–H and O–H groups in total. The molecule has 1 saturated heterocycles. The van der Waals surface area contributed by atoms with Crippen LogP contribution in [-0.4, -0.2) is 74.6 Å². The second-order valence-corrected chi connectivity index (χ2v) is 10.9. The number of amides is 4. The number of carboxylic acid groups (broad SMARTS) is 1. The SMILES string of the molecule is C/C=C/C(C(=O)N[C@@H]1C(=O)N2C(C(=O)O)C(COC(N)=O)=CS[C@H]12)c1csc(NC(=O)OC(C)(C)C)n1. The van der Waals surface area contributed by atoms with Gasteiger partial charge in [-0.05, 0) is 33.1 Å². The fourth-order valence-electron chi connectivity index (χ4n) is 3.62. The van der Waals surface area contributed by atoms with Gasteiger partial charge >= 0.3 is 18.2 Å². The zero-order valence-electron chi connectivity index (χ0n) is 20.4. The normalized spacial score (nSPS) is 21.8. The zero-order valence-corrected chi connectivity index (χ0v) is 22.1. The van der Waals surface area contributed by atoms with E-state index in [0.717, 1.165) is 28.0 Å². The van der Waals surface area contributed by atoms with Crippen molar-refractivity contribution in [2.24, 2.45) is 5.73 Å². The average molecular weight is 554 g/mol. The van der Waals surface area contributed by atoms with Gasteiger partial charge in [-0.25, -0.2) is 19.4 Å². The van der Waals surface area contributed by atoms with Crippen LogP contribution in [0, 0.1) is 0 Å². The molecule has 0 saturated carbocycles. The minimum atomic E-state index is -1.35. The maximum absolute atomic E-state index is 13.1. The highest BCUT2D eigenvalue weighted by Gasteiger charge is 2.56. The van der Waals surface area contributed by atoms with E-state index in [1.807, 2.05) is 0 Å². The van der Waals surface area contributed by atoms with Gasteiger partial charge in [-0.2, -0.15) is 0 Å². The molecule has 4 amide bonds. The molecule has 1 fully saturated rings. The average Bonchev–Trinajstić information content (AvgIpc) is 3.24. The molecule has 2 aliphatic heterocycles. The van der Waals surface area contributed by atoms with Crippen molar-refractivity contribution in [3.63, 3.8) is 0 Å². The number of aliphatic carboxylic acids is 1. The van der Waals surface area contributed by atoms with E-state index in [-0.39, 0.29) is 17.3 Å². The maximum atomic E-state index is 13.1. The Morgan fingerprint density at radius 1 is 1.32 bits per heavy atom. The van der Waals surface area contributed by atoms with Crippen LogP contribution in [0.15, 0.2) is 28.5 Å². The van der Waals surface area contributed by atoms with E-state index in [1.54, 1.807) is 45.2 Å². The number of nitrogens with zero attached hydrogens (tertiary/aromatic N) is 2. The van der Waals surface area contributed by atoms with E-state index < -0.39 is 58.9 Å². The monoisotopic (exact) mass is 553 g/mol. The van der Waals surface area contributed by atoms with Crippen LogP contribution in [0.25, 0.3) is 0 Å². The molecule has 0 spiro atoms. The Morgan fingerprint density at radius 3 is 2.62 bits per heavy atom. The number of thiazole rings is 1. The molecule has 0 radical (unpaired) electrons. The highest BCUT2D eigenvalue weighted by molar-refractivity contribution is 8.03. The second-order valence-electron chi connectivity index (χ2n) is 9.01. The van der Waals surface area contributed by atoms with Gasteiger partial charge in [0.15, 0.2) is 11.2 Å². The van der Waals surface area contributed by atoms with Crippen LogP contribution >= 0.6 is 23.1 Å².